The second-order valence-corrected chi connectivity index (χ2v) is 7.59. The summed E-state index contributed by atoms with van der Waals surface area (Å²) in [5.74, 6) is -0.774. The maximum Gasteiger partial charge on any atom is 0.359 e. The minimum atomic E-state index is -3.55. The Morgan fingerprint density at radius 2 is 1.83 bits per heavy atom. The van der Waals surface area contributed by atoms with E-state index in [1.807, 2.05) is 0 Å². The average Bonchev–Trinajstić information content (AvgIpc) is 2.64. The first-order valence-corrected chi connectivity index (χ1v) is 9.12. The summed E-state index contributed by atoms with van der Waals surface area (Å²) in [5.41, 5.74) is 0. The van der Waals surface area contributed by atoms with Crippen molar-refractivity contribution in [3.05, 3.63) is 0 Å². The molecule has 0 N–H and O–H groups in total. The van der Waals surface area contributed by atoms with E-state index in [4.69, 9.17) is 18.0 Å². The van der Waals surface area contributed by atoms with Crippen LogP contribution in [0.3, 0.4) is 0 Å². The molecule has 2 atom stereocenters. The van der Waals surface area contributed by atoms with Gasteiger partial charge in [-0.15, -0.1) is 0 Å². The molecule has 0 aromatic heterocycles. The van der Waals surface area contributed by atoms with E-state index in [9.17, 15) is 13.0 Å². The van der Waals surface area contributed by atoms with Gasteiger partial charge in [0.2, 0.25) is 0 Å². The minimum absolute atomic E-state index is 0.0574. The van der Waals surface area contributed by atoms with Crippen molar-refractivity contribution in [2.45, 2.75) is 32.2 Å². The van der Waals surface area contributed by atoms with E-state index in [0.717, 1.165) is 6.26 Å². The molecule has 1 saturated heterocycles. The highest BCUT2D eigenvalue weighted by atomic mass is 32.2. The molecule has 0 aliphatic carbocycles. The summed E-state index contributed by atoms with van der Waals surface area (Å²) in [6, 6.07) is 0. The van der Waals surface area contributed by atoms with Crippen LogP contribution in [0.15, 0.2) is 0 Å². The van der Waals surface area contributed by atoms with Crippen LogP contribution in [0.4, 0.5) is 0 Å². The molecule has 0 aromatic carbocycles. The van der Waals surface area contributed by atoms with Crippen molar-refractivity contribution in [3.63, 3.8) is 0 Å². The van der Waals surface area contributed by atoms with Gasteiger partial charge in [0.1, 0.15) is 6.10 Å². The lowest BCUT2D eigenvalue weighted by Crippen LogP contribution is -2.18. The van der Waals surface area contributed by atoms with Crippen LogP contribution in [0.2, 0.25) is 0 Å². The quantitative estimate of drug-likeness (QED) is 0.518. The van der Waals surface area contributed by atoms with E-state index in [2.05, 4.69) is 0 Å². The fourth-order valence-electron chi connectivity index (χ4n) is 1.68. The van der Waals surface area contributed by atoms with E-state index >= 15 is 0 Å². The van der Waals surface area contributed by atoms with Gasteiger partial charge in [-0.25, -0.2) is 0 Å². The Balaban J connectivity index is 2.66. The molecule has 1 aliphatic rings. The Bertz CT molecular complexity index is 397. The highest BCUT2D eigenvalue weighted by Crippen LogP contribution is 2.56. The van der Waals surface area contributed by atoms with Crippen LogP contribution in [0.1, 0.15) is 20.3 Å². The zero-order valence-corrected chi connectivity index (χ0v) is 12.4. The largest absolute Gasteiger partial charge is 0.363 e. The standard InChI is InChI=1S/C9H19O7PS/c1-4-14-17(10,15-5-2)9-6-8(7-13-9)16-18(3,11)12/h8-9H,4-7H2,1-3H3/t8-,9-/m0/s1. The topological polar surface area (TPSA) is 88.1 Å². The second-order valence-electron chi connectivity index (χ2n) is 3.82. The van der Waals surface area contributed by atoms with Gasteiger partial charge < -0.3 is 13.8 Å². The predicted molar refractivity (Wildman–Crippen MR) is 64.9 cm³/mol. The molecular weight excluding hydrogens is 283 g/mol. The van der Waals surface area contributed by atoms with Gasteiger partial charge >= 0.3 is 7.60 Å². The normalized spacial score (nSPS) is 25.5. The van der Waals surface area contributed by atoms with Gasteiger partial charge in [-0.05, 0) is 13.8 Å². The minimum Gasteiger partial charge on any atom is -0.363 e. The van der Waals surface area contributed by atoms with Crippen molar-refractivity contribution < 1.29 is 31.0 Å². The number of hydrogen-bond donors (Lipinski definition) is 0. The fourth-order valence-corrected chi connectivity index (χ4v) is 4.19. The van der Waals surface area contributed by atoms with Crippen LogP contribution < -0.4 is 0 Å². The van der Waals surface area contributed by atoms with Crippen LogP contribution >= 0.6 is 7.60 Å². The van der Waals surface area contributed by atoms with Crippen molar-refractivity contribution in [1.29, 1.82) is 0 Å². The van der Waals surface area contributed by atoms with Crippen LogP contribution in [0.5, 0.6) is 0 Å². The van der Waals surface area contributed by atoms with Gasteiger partial charge in [-0.2, -0.15) is 8.42 Å². The van der Waals surface area contributed by atoms with Crippen LogP contribution in [0.25, 0.3) is 0 Å². The van der Waals surface area contributed by atoms with Gasteiger partial charge in [0.05, 0.1) is 26.1 Å². The summed E-state index contributed by atoms with van der Waals surface area (Å²) in [5, 5.41) is 0. The summed E-state index contributed by atoms with van der Waals surface area (Å²) in [6.45, 7) is 3.92. The van der Waals surface area contributed by atoms with Gasteiger partial charge in [0.15, 0.2) is 5.85 Å². The zero-order chi connectivity index (χ0) is 13.8. The molecule has 108 valence electrons. The molecule has 0 saturated carbocycles. The Morgan fingerprint density at radius 3 is 2.28 bits per heavy atom. The van der Waals surface area contributed by atoms with E-state index in [-0.39, 0.29) is 26.2 Å². The number of ether oxygens (including phenoxy) is 1. The molecule has 1 fully saturated rings. The summed E-state index contributed by atoms with van der Waals surface area (Å²) in [6.07, 6.45) is 0.495. The van der Waals surface area contributed by atoms with Crippen molar-refractivity contribution in [2.24, 2.45) is 0 Å². The molecule has 0 spiro atoms. The summed E-state index contributed by atoms with van der Waals surface area (Å²) >= 11 is 0. The molecule has 1 heterocycles. The molecule has 0 unspecified atom stereocenters. The molecule has 9 heteroatoms. The summed E-state index contributed by atoms with van der Waals surface area (Å²) in [7, 11) is -6.92. The van der Waals surface area contributed by atoms with E-state index < -0.39 is 29.7 Å². The Hall–Kier alpha value is 0.0200. The van der Waals surface area contributed by atoms with Crippen molar-refractivity contribution in [1.82, 2.24) is 0 Å². The highest BCUT2D eigenvalue weighted by molar-refractivity contribution is 7.86. The monoisotopic (exact) mass is 302 g/mol. The SMILES string of the molecule is CCOP(=O)(OCC)[C@H]1C[C@H](OS(C)(=O)=O)CO1. The molecular formula is C9H19O7PS. The van der Waals surface area contributed by atoms with Gasteiger partial charge in [0, 0.05) is 6.42 Å². The summed E-state index contributed by atoms with van der Waals surface area (Å²) in [4.78, 5) is 0. The zero-order valence-electron chi connectivity index (χ0n) is 10.7. The third-order valence-corrected chi connectivity index (χ3v) is 5.14. The molecule has 0 amide bonds. The molecule has 7 nitrogen and oxygen atoms in total. The molecule has 0 radical (unpaired) electrons. The third kappa shape index (κ3) is 4.60. The van der Waals surface area contributed by atoms with E-state index in [0.29, 0.717) is 0 Å². The molecule has 0 bridgehead atoms. The van der Waals surface area contributed by atoms with Crippen LogP contribution in [0, 0.1) is 0 Å². The van der Waals surface area contributed by atoms with Gasteiger partial charge in [-0.1, -0.05) is 0 Å². The lowest BCUT2D eigenvalue weighted by atomic mass is 10.3. The average molecular weight is 302 g/mol. The van der Waals surface area contributed by atoms with Crippen molar-refractivity contribution in [3.8, 4) is 0 Å². The number of hydrogen-bond acceptors (Lipinski definition) is 7. The van der Waals surface area contributed by atoms with Gasteiger partial charge in [-0.3, -0.25) is 8.75 Å². The smallest absolute Gasteiger partial charge is 0.359 e. The second kappa shape index (κ2) is 6.45. The maximum absolute atomic E-state index is 12.4. The fraction of sp³-hybridized carbons (Fsp3) is 1.00. The lowest BCUT2D eigenvalue weighted by Gasteiger charge is -2.21. The van der Waals surface area contributed by atoms with Crippen LogP contribution in [-0.4, -0.2) is 46.4 Å². The van der Waals surface area contributed by atoms with Crippen LogP contribution in [-0.2, 0) is 32.7 Å². The first-order valence-electron chi connectivity index (χ1n) is 5.69. The highest BCUT2D eigenvalue weighted by Gasteiger charge is 2.43. The maximum atomic E-state index is 12.4. The van der Waals surface area contributed by atoms with Crippen molar-refractivity contribution in [2.75, 3.05) is 26.1 Å². The predicted octanol–water partition coefficient (Wildman–Crippen LogP) is 1.34. The summed E-state index contributed by atoms with van der Waals surface area (Å²) < 4.78 is 54.7. The van der Waals surface area contributed by atoms with Crippen molar-refractivity contribution >= 4 is 17.7 Å². The first-order chi connectivity index (χ1) is 8.30. The van der Waals surface area contributed by atoms with Gasteiger partial charge in [0.25, 0.3) is 10.1 Å². The third-order valence-electron chi connectivity index (χ3n) is 2.22. The first kappa shape index (κ1) is 16.1. The Kier molecular flexibility index (Phi) is 5.76. The molecule has 0 aromatic rings. The molecule has 1 aliphatic heterocycles. The molecule has 1 rings (SSSR count). The number of rotatable bonds is 7. The van der Waals surface area contributed by atoms with E-state index in [1.165, 1.54) is 0 Å². The lowest BCUT2D eigenvalue weighted by molar-refractivity contribution is 0.102. The Labute approximate surface area is 107 Å². The van der Waals surface area contributed by atoms with E-state index in [1.54, 1.807) is 13.8 Å². The molecule has 18 heavy (non-hydrogen) atoms. The Morgan fingerprint density at radius 1 is 1.28 bits per heavy atom.